The van der Waals surface area contributed by atoms with Gasteiger partial charge in [0.1, 0.15) is 5.75 Å². The monoisotopic (exact) mass is 486 g/mol. The van der Waals surface area contributed by atoms with E-state index in [1.54, 1.807) is 45.0 Å². The van der Waals surface area contributed by atoms with Crippen LogP contribution in [0.4, 0.5) is 5.69 Å². The Morgan fingerprint density at radius 3 is 2.26 bits per heavy atom. The molecule has 34 heavy (non-hydrogen) atoms. The van der Waals surface area contributed by atoms with Crippen LogP contribution in [-0.2, 0) is 14.8 Å². The maximum absolute atomic E-state index is 12.8. The number of ether oxygens (including phenoxy) is 1. The molecule has 6 nitrogen and oxygen atoms in total. The van der Waals surface area contributed by atoms with Crippen molar-refractivity contribution in [3.63, 3.8) is 0 Å². The average Bonchev–Trinajstić information content (AvgIpc) is 2.71. The number of aryl methyl sites for hydroxylation is 2. The number of hydrogen-bond donors (Lipinski definition) is 2. The molecule has 0 radical (unpaired) electrons. The number of nitrogens with one attached hydrogen (secondary N) is 2. The van der Waals surface area contributed by atoms with Crippen LogP contribution in [-0.4, -0.2) is 26.5 Å². The lowest BCUT2D eigenvalue weighted by atomic mass is 9.87. The zero-order valence-corrected chi connectivity index (χ0v) is 22.2. The molecule has 2 rings (SSSR count). The smallest absolute Gasteiger partial charge is 0.234 e. The summed E-state index contributed by atoms with van der Waals surface area (Å²) in [6.45, 7) is 13.8. The van der Waals surface area contributed by atoms with Crippen molar-refractivity contribution in [3.05, 3.63) is 64.6 Å². The molecule has 0 aromatic heterocycles. The highest BCUT2D eigenvalue weighted by atomic mass is 32.2. The van der Waals surface area contributed by atoms with E-state index in [9.17, 15) is 13.2 Å². The fourth-order valence-electron chi connectivity index (χ4n) is 3.28. The van der Waals surface area contributed by atoms with Crippen LogP contribution in [0.2, 0.25) is 0 Å². The van der Waals surface area contributed by atoms with Crippen LogP contribution in [0.25, 0.3) is 6.08 Å². The van der Waals surface area contributed by atoms with E-state index < -0.39 is 21.0 Å². The van der Waals surface area contributed by atoms with Crippen molar-refractivity contribution < 1.29 is 17.9 Å². The molecular formula is C27H38N2O4S. The Bertz CT molecular complexity index is 1110. The summed E-state index contributed by atoms with van der Waals surface area (Å²) in [4.78, 5) is 12.8. The van der Waals surface area contributed by atoms with Gasteiger partial charge in [0.15, 0.2) is 0 Å². The topological polar surface area (TPSA) is 84.5 Å². The average molecular weight is 487 g/mol. The first-order valence-electron chi connectivity index (χ1n) is 11.5. The van der Waals surface area contributed by atoms with Gasteiger partial charge in [0.05, 0.1) is 6.61 Å². The van der Waals surface area contributed by atoms with E-state index in [4.69, 9.17) is 4.74 Å². The molecule has 2 aromatic rings. The van der Waals surface area contributed by atoms with Gasteiger partial charge in [-0.1, -0.05) is 38.1 Å². The van der Waals surface area contributed by atoms with Crippen molar-refractivity contribution in [3.8, 4) is 5.75 Å². The highest BCUT2D eigenvalue weighted by Gasteiger charge is 2.27. The largest absolute Gasteiger partial charge is 0.493 e. The normalized spacial score (nSPS) is 12.7. The molecule has 0 fully saturated rings. The molecule has 0 aliphatic rings. The lowest BCUT2D eigenvalue weighted by molar-refractivity contribution is -0.124. The molecule has 0 saturated heterocycles. The Morgan fingerprint density at radius 1 is 1.00 bits per heavy atom. The summed E-state index contributed by atoms with van der Waals surface area (Å²) in [5, 5.41) is 4.10. The molecule has 7 heteroatoms. The third-order valence-corrected chi connectivity index (χ3v) is 6.61. The summed E-state index contributed by atoms with van der Waals surface area (Å²) in [5.74, 6) is 0.817. The third kappa shape index (κ3) is 9.31. The van der Waals surface area contributed by atoms with E-state index in [0.717, 1.165) is 34.3 Å². The highest BCUT2D eigenvalue weighted by Crippen LogP contribution is 2.26. The molecule has 0 saturated carbocycles. The zero-order chi connectivity index (χ0) is 25.6. The van der Waals surface area contributed by atoms with Crippen molar-refractivity contribution in [2.75, 3.05) is 11.9 Å². The van der Waals surface area contributed by atoms with Crippen molar-refractivity contribution in [2.45, 2.75) is 66.8 Å². The molecule has 0 bridgehead atoms. The number of carbonyl (C=O) groups excluding carboxylic acids is 1. The Labute approximate surface area is 204 Å². The number of amides is 1. The van der Waals surface area contributed by atoms with Crippen molar-refractivity contribution in [1.82, 2.24) is 4.72 Å². The lowest BCUT2D eigenvalue weighted by Gasteiger charge is -2.23. The van der Waals surface area contributed by atoms with Crippen LogP contribution < -0.4 is 14.8 Å². The predicted octanol–water partition coefficient (Wildman–Crippen LogP) is 5.82. The Hall–Kier alpha value is -2.64. The van der Waals surface area contributed by atoms with Crippen LogP contribution in [0, 0.1) is 19.3 Å². The highest BCUT2D eigenvalue weighted by molar-refractivity contribution is 7.92. The second-order valence-electron chi connectivity index (χ2n) is 10.4. The third-order valence-electron chi connectivity index (χ3n) is 5.22. The number of rotatable bonds is 10. The molecule has 2 N–H and O–H groups in total. The van der Waals surface area contributed by atoms with E-state index in [0.29, 0.717) is 18.7 Å². The van der Waals surface area contributed by atoms with Gasteiger partial charge >= 0.3 is 0 Å². The summed E-state index contributed by atoms with van der Waals surface area (Å²) in [6, 6.07) is 13.2. The van der Waals surface area contributed by atoms with Gasteiger partial charge in [-0.3, -0.25) is 4.79 Å². The Morgan fingerprint density at radius 2 is 1.65 bits per heavy atom. The molecule has 0 aliphatic carbocycles. The minimum Gasteiger partial charge on any atom is -0.493 e. The first-order valence-corrected chi connectivity index (χ1v) is 13.1. The first-order chi connectivity index (χ1) is 15.7. The summed E-state index contributed by atoms with van der Waals surface area (Å²) in [5.41, 5.74) is 2.54. The molecule has 0 spiro atoms. The van der Waals surface area contributed by atoms with E-state index in [-0.39, 0.29) is 5.91 Å². The first kappa shape index (κ1) is 27.6. The van der Waals surface area contributed by atoms with Gasteiger partial charge in [-0.05, 0) is 88.4 Å². The van der Waals surface area contributed by atoms with Gasteiger partial charge in [-0.25, -0.2) is 13.1 Å². The van der Waals surface area contributed by atoms with Crippen molar-refractivity contribution in [2.24, 2.45) is 5.41 Å². The second-order valence-corrected chi connectivity index (χ2v) is 11.9. The molecule has 186 valence electrons. The standard InChI is InChI=1S/C27H38N2O4S/c1-20-9-10-21(2)24(19-20)33-17-8-16-27(6,7)25(30)28-23-13-11-22(12-14-23)15-18-34(31,32)29-26(3,4)5/h9-15,18-19,29H,8,16-17H2,1-7H3,(H,28,30)/b18-15+. The number of sulfonamides is 1. The van der Waals surface area contributed by atoms with E-state index >= 15 is 0 Å². The molecule has 0 atom stereocenters. The van der Waals surface area contributed by atoms with Crippen LogP contribution in [0.1, 0.15) is 64.2 Å². The minimum atomic E-state index is -3.53. The van der Waals surface area contributed by atoms with Crippen molar-refractivity contribution >= 4 is 27.7 Å². The number of carbonyl (C=O) groups is 1. The summed E-state index contributed by atoms with van der Waals surface area (Å²) < 4.78 is 32.7. The van der Waals surface area contributed by atoms with E-state index in [1.165, 1.54) is 6.08 Å². The SMILES string of the molecule is Cc1ccc(C)c(OCCCC(C)(C)C(=O)Nc2ccc(/C=C/S(=O)(=O)NC(C)(C)C)cc2)c1. The maximum atomic E-state index is 12.8. The van der Waals surface area contributed by atoms with Crippen LogP contribution in [0.5, 0.6) is 5.75 Å². The molecule has 1 amide bonds. The fraction of sp³-hybridized carbons (Fsp3) is 0.444. The van der Waals surface area contributed by atoms with Gasteiger partial charge in [-0.2, -0.15) is 0 Å². The van der Waals surface area contributed by atoms with Gasteiger partial charge in [0.2, 0.25) is 15.9 Å². The van der Waals surface area contributed by atoms with Gasteiger partial charge in [0, 0.05) is 22.0 Å². The molecule has 0 unspecified atom stereocenters. The number of hydrogen-bond acceptors (Lipinski definition) is 4. The van der Waals surface area contributed by atoms with Crippen LogP contribution >= 0.6 is 0 Å². The molecule has 0 aliphatic heterocycles. The van der Waals surface area contributed by atoms with Crippen LogP contribution in [0.15, 0.2) is 47.9 Å². The Balaban J connectivity index is 1.87. The van der Waals surface area contributed by atoms with E-state index in [1.807, 2.05) is 39.8 Å². The lowest BCUT2D eigenvalue weighted by Crippen LogP contribution is -2.39. The fourth-order valence-corrected chi connectivity index (χ4v) is 4.54. The maximum Gasteiger partial charge on any atom is 0.234 e. The minimum absolute atomic E-state index is 0.0699. The number of benzene rings is 2. The molecular weight excluding hydrogens is 448 g/mol. The number of anilines is 1. The quantitative estimate of drug-likeness (QED) is 0.415. The molecule has 0 heterocycles. The summed E-state index contributed by atoms with van der Waals surface area (Å²) in [7, 11) is -3.53. The van der Waals surface area contributed by atoms with Gasteiger partial charge in [-0.15, -0.1) is 0 Å². The predicted molar refractivity (Wildman–Crippen MR) is 140 cm³/mol. The summed E-state index contributed by atoms with van der Waals surface area (Å²) >= 11 is 0. The Kier molecular flexibility index (Phi) is 9.08. The summed E-state index contributed by atoms with van der Waals surface area (Å²) in [6.07, 6.45) is 2.97. The van der Waals surface area contributed by atoms with Crippen LogP contribution in [0.3, 0.4) is 0 Å². The van der Waals surface area contributed by atoms with Gasteiger partial charge < -0.3 is 10.1 Å². The molecule has 2 aromatic carbocycles. The van der Waals surface area contributed by atoms with Gasteiger partial charge in [0.25, 0.3) is 0 Å². The van der Waals surface area contributed by atoms with Crippen molar-refractivity contribution in [1.29, 1.82) is 0 Å². The van der Waals surface area contributed by atoms with E-state index in [2.05, 4.69) is 16.1 Å². The second kappa shape index (κ2) is 11.2. The zero-order valence-electron chi connectivity index (χ0n) is 21.4.